The average Bonchev–Trinajstić information content (AvgIpc) is 3.70. The number of nitrogens with one attached hydrogen (secondary N) is 1. The van der Waals surface area contributed by atoms with Crippen molar-refractivity contribution in [1.29, 1.82) is 5.26 Å². The molecule has 5 aromatic rings. The standard InChI is InChI=1S/C30H27F3N8O3/c1-18(28-35-16-23(44-28)17-38(2)3)37-27(42)25-26(24-12-13-36-40(24)21-10-8-19(15-34)9-11-21)39(4)41(29(25)43)22-7-5-6-20(14-22)30(31,32)33/h5-14,16,18H,17H2,1-4H3,(H,37,42)/t18-/m0/s1. The van der Waals surface area contributed by atoms with E-state index in [2.05, 4.69) is 15.4 Å². The summed E-state index contributed by atoms with van der Waals surface area (Å²) < 4.78 is 50.3. The lowest BCUT2D eigenvalue weighted by atomic mass is 10.1. The summed E-state index contributed by atoms with van der Waals surface area (Å²) in [5.74, 6) is -0.00278. The first-order chi connectivity index (χ1) is 20.9. The Kier molecular flexibility index (Phi) is 7.99. The van der Waals surface area contributed by atoms with Gasteiger partial charge in [0.25, 0.3) is 11.5 Å². The lowest BCUT2D eigenvalue weighted by Crippen LogP contribution is -2.32. The zero-order valence-electron chi connectivity index (χ0n) is 24.1. The van der Waals surface area contributed by atoms with Gasteiger partial charge in [0.2, 0.25) is 5.89 Å². The molecule has 0 radical (unpaired) electrons. The number of hydrogen-bond donors (Lipinski definition) is 1. The van der Waals surface area contributed by atoms with Gasteiger partial charge in [0.15, 0.2) is 0 Å². The number of aromatic nitrogens is 5. The van der Waals surface area contributed by atoms with E-state index in [0.29, 0.717) is 29.2 Å². The van der Waals surface area contributed by atoms with Crippen molar-refractivity contribution in [3.63, 3.8) is 0 Å². The molecule has 0 fully saturated rings. The smallest absolute Gasteiger partial charge is 0.416 e. The summed E-state index contributed by atoms with van der Waals surface area (Å²) in [6.45, 7) is 2.12. The molecule has 1 atom stereocenters. The number of oxazole rings is 1. The first-order valence-electron chi connectivity index (χ1n) is 13.3. The lowest BCUT2D eigenvalue weighted by molar-refractivity contribution is -0.137. The minimum atomic E-state index is -4.65. The van der Waals surface area contributed by atoms with Crippen molar-refractivity contribution in [2.24, 2.45) is 7.05 Å². The van der Waals surface area contributed by atoms with Crippen molar-refractivity contribution < 1.29 is 22.4 Å². The fraction of sp³-hybridized carbons (Fsp3) is 0.233. The minimum absolute atomic E-state index is 0.0915. The van der Waals surface area contributed by atoms with Gasteiger partial charge in [0.1, 0.15) is 23.1 Å². The van der Waals surface area contributed by atoms with E-state index < -0.39 is 29.2 Å². The van der Waals surface area contributed by atoms with Crippen LogP contribution in [-0.4, -0.2) is 49.0 Å². The Bertz CT molecular complexity index is 1920. The molecule has 11 nitrogen and oxygen atoms in total. The van der Waals surface area contributed by atoms with E-state index in [1.54, 1.807) is 43.5 Å². The predicted octanol–water partition coefficient (Wildman–Crippen LogP) is 4.46. The van der Waals surface area contributed by atoms with Crippen LogP contribution < -0.4 is 10.9 Å². The number of rotatable bonds is 8. The van der Waals surface area contributed by atoms with Crippen molar-refractivity contribution in [2.45, 2.75) is 25.7 Å². The second kappa shape index (κ2) is 11.7. The quantitative estimate of drug-likeness (QED) is 0.277. The number of hydrogen-bond acceptors (Lipinski definition) is 7. The van der Waals surface area contributed by atoms with Gasteiger partial charge in [0, 0.05) is 7.05 Å². The van der Waals surface area contributed by atoms with Crippen molar-refractivity contribution in [3.8, 4) is 28.8 Å². The van der Waals surface area contributed by atoms with Crippen LogP contribution in [-0.2, 0) is 19.8 Å². The highest BCUT2D eigenvalue weighted by atomic mass is 19.4. The Hall–Kier alpha value is -5.42. The Morgan fingerprint density at radius 3 is 2.52 bits per heavy atom. The maximum atomic E-state index is 14.0. The van der Waals surface area contributed by atoms with Crippen molar-refractivity contribution >= 4 is 5.91 Å². The number of halogens is 3. The first kappa shape index (κ1) is 30.1. The molecular weight excluding hydrogens is 577 g/mol. The van der Waals surface area contributed by atoms with E-state index in [1.807, 2.05) is 25.1 Å². The van der Waals surface area contributed by atoms with E-state index in [0.717, 1.165) is 16.8 Å². The van der Waals surface area contributed by atoms with E-state index in [1.165, 1.54) is 34.7 Å². The van der Waals surface area contributed by atoms with Gasteiger partial charge < -0.3 is 14.6 Å². The summed E-state index contributed by atoms with van der Waals surface area (Å²) in [6.07, 6.45) is -1.65. The van der Waals surface area contributed by atoms with Crippen LogP contribution in [0.5, 0.6) is 0 Å². The van der Waals surface area contributed by atoms with Gasteiger partial charge >= 0.3 is 6.18 Å². The lowest BCUT2D eigenvalue weighted by Gasteiger charge is -2.14. The first-order valence-corrected chi connectivity index (χ1v) is 13.3. The topological polar surface area (TPSA) is 127 Å². The molecule has 14 heteroatoms. The summed E-state index contributed by atoms with van der Waals surface area (Å²) in [7, 11) is 5.19. The third-order valence-corrected chi connectivity index (χ3v) is 6.80. The van der Waals surface area contributed by atoms with Crippen LogP contribution in [0, 0.1) is 11.3 Å². The van der Waals surface area contributed by atoms with Crippen LogP contribution in [0.25, 0.3) is 22.8 Å². The average molecular weight is 605 g/mol. The van der Waals surface area contributed by atoms with Gasteiger partial charge in [-0.05, 0) is 69.6 Å². The molecule has 0 aliphatic rings. The molecule has 3 heterocycles. The zero-order valence-corrected chi connectivity index (χ0v) is 24.1. The number of alkyl halides is 3. The Balaban J connectivity index is 1.65. The molecule has 2 aromatic carbocycles. The molecule has 0 aliphatic carbocycles. The summed E-state index contributed by atoms with van der Waals surface area (Å²) >= 11 is 0. The molecule has 0 saturated heterocycles. The number of amides is 1. The molecule has 0 bridgehead atoms. The molecule has 0 aliphatic heterocycles. The zero-order chi connectivity index (χ0) is 31.8. The van der Waals surface area contributed by atoms with E-state index in [-0.39, 0.29) is 22.8 Å². The summed E-state index contributed by atoms with van der Waals surface area (Å²) in [6, 6.07) is 13.6. The fourth-order valence-corrected chi connectivity index (χ4v) is 4.81. The highest BCUT2D eigenvalue weighted by Crippen LogP contribution is 2.31. The van der Waals surface area contributed by atoms with Gasteiger partial charge in [0.05, 0.1) is 53.2 Å². The van der Waals surface area contributed by atoms with E-state index >= 15 is 0 Å². The molecule has 0 saturated carbocycles. The van der Waals surface area contributed by atoms with Crippen LogP contribution >= 0.6 is 0 Å². The molecule has 44 heavy (non-hydrogen) atoms. The molecule has 0 spiro atoms. The minimum Gasteiger partial charge on any atom is -0.442 e. The van der Waals surface area contributed by atoms with E-state index in [9.17, 15) is 28.0 Å². The number of benzene rings is 2. The Morgan fingerprint density at radius 2 is 1.86 bits per heavy atom. The largest absolute Gasteiger partial charge is 0.442 e. The number of carbonyl (C=O) groups excluding carboxylic acids is 1. The molecule has 5 rings (SSSR count). The predicted molar refractivity (Wildman–Crippen MR) is 153 cm³/mol. The third-order valence-electron chi connectivity index (χ3n) is 6.80. The van der Waals surface area contributed by atoms with Crippen molar-refractivity contribution in [3.05, 3.63) is 106 Å². The summed E-state index contributed by atoms with van der Waals surface area (Å²) in [4.78, 5) is 33.9. The van der Waals surface area contributed by atoms with Crippen LogP contribution in [0.4, 0.5) is 13.2 Å². The van der Waals surface area contributed by atoms with Crippen LogP contribution in [0.15, 0.2) is 76.2 Å². The van der Waals surface area contributed by atoms with Crippen LogP contribution in [0.2, 0.25) is 0 Å². The maximum absolute atomic E-state index is 14.0. The second-order valence-electron chi connectivity index (χ2n) is 10.3. The van der Waals surface area contributed by atoms with Crippen LogP contribution in [0.3, 0.4) is 0 Å². The molecule has 1 N–H and O–H groups in total. The van der Waals surface area contributed by atoms with Gasteiger partial charge in [-0.25, -0.2) is 14.3 Å². The van der Waals surface area contributed by atoms with Gasteiger partial charge in [-0.1, -0.05) is 6.07 Å². The van der Waals surface area contributed by atoms with Gasteiger partial charge in [-0.3, -0.25) is 14.3 Å². The SMILES string of the molecule is C[C@H](NC(=O)c1c(-c2ccnn2-c2ccc(C#N)cc2)n(C)n(-c2cccc(C(F)(F)F)c2)c1=O)c1ncc(CN(C)C)o1. The summed E-state index contributed by atoms with van der Waals surface area (Å²) in [5, 5.41) is 16.3. The normalized spacial score (nSPS) is 12.3. The fourth-order valence-electron chi connectivity index (χ4n) is 4.81. The molecule has 1 amide bonds. The van der Waals surface area contributed by atoms with Gasteiger partial charge in [-0.15, -0.1) is 0 Å². The third kappa shape index (κ3) is 5.77. The molecule has 0 unspecified atom stereocenters. The maximum Gasteiger partial charge on any atom is 0.416 e. The molecule has 226 valence electrons. The monoisotopic (exact) mass is 604 g/mol. The highest BCUT2D eigenvalue weighted by molar-refractivity contribution is 6.00. The Labute approximate surface area is 249 Å². The molecule has 3 aromatic heterocycles. The number of carbonyl (C=O) groups is 1. The summed E-state index contributed by atoms with van der Waals surface area (Å²) in [5.41, 5.74) is -0.875. The van der Waals surface area contributed by atoms with Crippen molar-refractivity contribution in [1.82, 2.24) is 34.3 Å². The number of nitrogens with zero attached hydrogens (tertiary/aromatic N) is 7. The second-order valence-corrected chi connectivity index (χ2v) is 10.3. The van der Waals surface area contributed by atoms with Gasteiger partial charge in [-0.2, -0.15) is 23.5 Å². The van der Waals surface area contributed by atoms with E-state index in [4.69, 9.17) is 4.42 Å². The highest BCUT2D eigenvalue weighted by Gasteiger charge is 2.33. The van der Waals surface area contributed by atoms with Crippen LogP contribution in [0.1, 0.15) is 46.1 Å². The molecular formula is C30H27F3N8O3. The number of nitriles is 1. The Morgan fingerprint density at radius 1 is 1.14 bits per heavy atom. The van der Waals surface area contributed by atoms with Crippen molar-refractivity contribution in [2.75, 3.05) is 14.1 Å².